The molecular formula is C25H19N3O6. The molecule has 0 aromatic heterocycles. The van der Waals surface area contributed by atoms with E-state index >= 15 is 0 Å². The maximum absolute atomic E-state index is 13.4. The van der Waals surface area contributed by atoms with Gasteiger partial charge in [-0.3, -0.25) is 24.1 Å². The van der Waals surface area contributed by atoms with Gasteiger partial charge in [-0.15, -0.1) is 0 Å². The molecular weight excluding hydrogens is 438 g/mol. The number of hydrogen-bond donors (Lipinski definition) is 0. The molecule has 2 aromatic rings. The smallest absolute Gasteiger partial charge is 0.336 e. The molecule has 9 heteroatoms. The molecule has 3 heterocycles. The Balaban J connectivity index is 1.55. The summed E-state index contributed by atoms with van der Waals surface area (Å²) in [5, 5.41) is 2.19. The highest BCUT2D eigenvalue weighted by Crippen LogP contribution is 2.38. The number of allylic oxidation sites excluding steroid dienone is 2. The van der Waals surface area contributed by atoms with E-state index < -0.39 is 41.7 Å². The van der Waals surface area contributed by atoms with Crippen molar-refractivity contribution < 1.29 is 28.7 Å². The summed E-state index contributed by atoms with van der Waals surface area (Å²) in [4.78, 5) is 66.5. The molecule has 0 radical (unpaired) electrons. The van der Waals surface area contributed by atoms with Crippen molar-refractivity contribution in [3.63, 3.8) is 0 Å². The van der Waals surface area contributed by atoms with Crippen molar-refractivity contribution in [1.82, 2.24) is 14.9 Å². The van der Waals surface area contributed by atoms with Crippen LogP contribution in [0.4, 0.5) is 0 Å². The van der Waals surface area contributed by atoms with Crippen molar-refractivity contribution in [2.24, 2.45) is 0 Å². The van der Waals surface area contributed by atoms with E-state index in [2.05, 4.69) is 0 Å². The zero-order valence-corrected chi connectivity index (χ0v) is 18.1. The molecule has 3 aliphatic heterocycles. The molecule has 34 heavy (non-hydrogen) atoms. The summed E-state index contributed by atoms with van der Waals surface area (Å²) in [7, 11) is 0. The van der Waals surface area contributed by atoms with Crippen LogP contribution in [0.2, 0.25) is 0 Å². The molecule has 170 valence electrons. The van der Waals surface area contributed by atoms with Gasteiger partial charge in [0.1, 0.15) is 12.1 Å². The topological polar surface area (TPSA) is 104 Å². The SMILES string of the molecule is CCOC(=O)C1=CC=CN(C(=O)c2ccccc2)N2C(=O)[C@@H](N3C(=O)c4ccccc4C3=O)[C@@H]12. The number of imide groups is 1. The number of carbonyl (C=O) groups excluding carboxylic acids is 5. The number of rotatable bonds is 4. The van der Waals surface area contributed by atoms with E-state index in [-0.39, 0.29) is 23.3 Å². The number of nitrogens with zero attached hydrogens (tertiary/aromatic N) is 3. The van der Waals surface area contributed by atoms with Crippen LogP contribution in [0.1, 0.15) is 38.0 Å². The van der Waals surface area contributed by atoms with E-state index in [1.54, 1.807) is 49.4 Å². The second-order valence-electron chi connectivity index (χ2n) is 7.80. The van der Waals surface area contributed by atoms with Gasteiger partial charge in [-0.2, -0.15) is 0 Å². The van der Waals surface area contributed by atoms with Crippen LogP contribution in [0, 0.1) is 0 Å². The lowest BCUT2D eigenvalue weighted by molar-refractivity contribution is -0.173. The number of carbonyl (C=O) groups is 5. The van der Waals surface area contributed by atoms with Gasteiger partial charge in [-0.25, -0.2) is 14.8 Å². The first-order chi connectivity index (χ1) is 16.5. The number of fused-ring (bicyclic) bond motifs is 2. The van der Waals surface area contributed by atoms with Crippen molar-refractivity contribution in [2.45, 2.75) is 19.0 Å². The standard InChI is InChI=1S/C25H19N3O6/c1-2-34-25(33)18-13-8-14-26(21(29)15-9-4-3-5-10-15)28-19(18)20(24(28)32)27-22(30)16-11-6-7-12-17(16)23(27)31/h3-14,19-20H,2H2,1H3/t19-,20+/m1/s1. The number of esters is 1. The Morgan fingerprint density at radius 3 is 2.12 bits per heavy atom. The van der Waals surface area contributed by atoms with E-state index in [1.165, 1.54) is 30.5 Å². The van der Waals surface area contributed by atoms with Gasteiger partial charge < -0.3 is 4.74 Å². The average molecular weight is 457 g/mol. The van der Waals surface area contributed by atoms with Crippen LogP contribution in [0.15, 0.2) is 78.5 Å². The summed E-state index contributed by atoms with van der Waals surface area (Å²) in [6.45, 7) is 1.73. The maximum atomic E-state index is 13.4. The van der Waals surface area contributed by atoms with Gasteiger partial charge in [0.05, 0.1) is 23.3 Å². The summed E-state index contributed by atoms with van der Waals surface area (Å²) in [6, 6.07) is 12.2. The Hall–Kier alpha value is -4.53. The van der Waals surface area contributed by atoms with E-state index in [0.29, 0.717) is 5.56 Å². The Morgan fingerprint density at radius 2 is 1.50 bits per heavy atom. The first-order valence-electron chi connectivity index (χ1n) is 10.7. The van der Waals surface area contributed by atoms with Crippen molar-refractivity contribution in [3.05, 3.63) is 95.2 Å². The zero-order chi connectivity index (χ0) is 24.0. The van der Waals surface area contributed by atoms with Crippen molar-refractivity contribution in [1.29, 1.82) is 0 Å². The third-order valence-corrected chi connectivity index (χ3v) is 5.94. The van der Waals surface area contributed by atoms with E-state index in [0.717, 1.165) is 14.9 Å². The van der Waals surface area contributed by atoms with Crippen LogP contribution in [0.5, 0.6) is 0 Å². The molecule has 2 atom stereocenters. The number of hydrazine groups is 1. The molecule has 0 saturated carbocycles. The summed E-state index contributed by atoms with van der Waals surface area (Å²) in [5.41, 5.74) is 0.749. The van der Waals surface area contributed by atoms with E-state index in [4.69, 9.17) is 4.74 Å². The monoisotopic (exact) mass is 457 g/mol. The number of ether oxygens (including phenoxy) is 1. The lowest BCUT2D eigenvalue weighted by Gasteiger charge is -2.51. The highest BCUT2D eigenvalue weighted by Gasteiger charge is 2.61. The third kappa shape index (κ3) is 3.05. The van der Waals surface area contributed by atoms with Crippen LogP contribution >= 0.6 is 0 Å². The summed E-state index contributed by atoms with van der Waals surface area (Å²) >= 11 is 0. The Morgan fingerprint density at radius 1 is 0.882 bits per heavy atom. The lowest BCUT2D eigenvalue weighted by atomic mass is 9.88. The fourth-order valence-electron chi connectivity index (χ4n) is 4.39. The third-order valence-electron chi connectivity index (χ3n) is 5.94. The maximum Gasteiger partial charge on any atom is 0.336 e. The summed E-state index contributed by atoms with van der Waals surface area (Å²) in [5.74, 6) is -3.12. The Kier molecular flexibility index (Phi) is 5.09. The second kappa shape index (κ2) is 8.11. The van der Waals surface area contributed by atoms with Crippen LogP contribution in [-0.2, 0) is 14.3 Å². The van der Waals surface area contributed by atoms with E-state index in [1.807, 2.05) is 0 Å². The molecule has 2 aromatic carbocycles. The second-order valence-corrected chi connectivity index (χ2v) is 7.80. The van der Waals surface area contributed by atoms with Gasteiger partial charge in [0.2, 0.25) is 0 Å². The molecule has 0 bridgehead atoms. The molecule has 3 aliphatic rings. The van der Waals surface area contributed by atoms with Crippen molar-refractivity contribution in [3.8, 4) is 0 Å². The minimum atomic E-state index is -1.30. The molecule has 0 aliphatic carbocycles. The first-order valence-corrected chi connectivity index (χ1v) is 10.7. The highest BCUT2D eigenvalue weighted by atomic mass is 16.5. The van der Waals surface area contributed by atoms with Gasteiger partial charge in [-0.05, 0) is 43.3 Å². The summed E-state index contributed by atoms with van der Waals surface area (Å²) < 4.78 is 5.16. The fourth-order valence-corrected chi connectivity index (χ4v) is 4.39. The molecule has 1 saturated heterocycles. The molecule has 4 amide bonds. The molecule has 0 N–H and O–H groups in total. The first kappa shape index (κ1) is 21.3. The van der Waals surface area contributed by atoms with Crippen LogP contribution in [-0.4, -0.2) is 63.2 Å². The zero-order valence-electron chi connectivity index (χ0n) is 18.1. The molecule has 9 nitrogen and oxygen atoms in total. The highest BCUT2D eigenvalue weighted by molar-refractivity contribution is 6.23. The van der Waals surface area contributed by atoms with Crippen LogP contribution < -0.4 is 0 Å². The van der Waals surface area contributed by atoms with Crippen LogP contribution in [0.3, 0.4) is 0 Å². The van der Waals surface area contributed by atoms with Crippen LogP contribution in [0.25, 0.3) is 0 Å². The molecule has 5 rings (SSSR count). The number of hydrogen-bond acceptors (Lipinski definition) is 6. The van der Waals surface area contributed by atoms with Gasteiger partial charge >= 0.3 is 5.97 Å². The number of benzene rings is 2. The quantitative estimate of drug-likeness (QED) is 0.395. The van der Waals surface area contributed by atoms with Crippen molar-refractivity contribution >= 4 is 29.6 Å². The van der Waals surface area contributed by atoms with Gasteiger partial charge in [0, 0.05) is 11.8 Å². The largest absolute Gasteiger partial charge is 0.463 e. The average Bonchev–Trinajstić information content (AvgIpc) is 3.00. The molecule has 0 unspecified atom stereocenters. The van der Waals surface area contributed by atoms with Crippen molar-refractivity contribution in [2.75, 3.05) is 6.61 Å². The normalized spacial score (nSPS) is 20.9. The predicted molar refractivity (Wildman–Crippen MR) is 118 cm³/mol. The summed E-state index contributed by atoms with van der Waals surface area (Å²) in [6.07, 6.45) is 4.26. The van der Waals surface area contributed by atoms with Gasteiger partial charge in [0.15, 0.2) is 0 Å². The van der Waals surface area contributed by atoms with E-state index in [9.17, 15) is 24.0 Å². The minimum absolute atomic E-state index is 0.0580. The number of β-lactam (4-membered cyclic amide) rings is 1. The Bertz CT molecular complexity index is 1260. The fraction of sp³-hybridized carbons (Fsp3) is 0.160. The van der Waals surface area contributed by atoms with Gasteiger partial charge in [-0.1, -0.05) is 30.3 Å². The Labute approximate surface area is 194 Å². The predicted octanol–water partition coefficient (Wildman–Crippen LogP) is 1.94. The van der Waals surface area contributed by atoms with Gasteiger partial charge in [0.25, 0.3) is 23.6 Å². The molecule has 1 fully saturated rings. The number of amides is 4. The minimum Gasteiger partial charge on any atom is -0.463 e. The molecule has 0 spiro atoms. The lowest BCUT2D eigenvalue weighted by Crippen LogP contribution is -2.76.